The third-order valence-corrected chi connectivity index (χ3v) is 4.15. The van der Waals surface area contributed by atoms with Crippen molar-refractivity contribution in [1.82, 2.24) is 5.32 Å². The Morgan fingerprint density at radius 2 is 1.42 bits per heavy atom. The van der Waals surface area contributed by atoms with Crippen molar-refractivity contribution in [2.24, 2.45) is 0 Å². The van der Waals surface area contributed by atoms with Crippen molar-refractivity contribution in [3.63, 3.8) is 0 Å². The number of nitrogens with one attached hydrogen (secondary N) is 1. The molecule has 1 fully saturated rings. The van der Waals surface area contributed by atoms with Crippen molar-refractivity contribution in [1.29, 1.82) is 0 Å². The van der Waals surface area contributed by atoms with Gasteiger partial charge in [0.1, 0.15) is 5.54 Å². The van der Waals surface area contributed by atoms with E-state index in [0.717, 1.165) is 25.7 Å². The summed E-state index contributed by atoms with van der Waals surface area (Å²) in [5.41, 5.74) is -0.800. The fourth-order valence-electron chi connectivity index (χ4n) is 2.90. The van der Waals surface area contributed by atoms with Crippen LogP contribution in [0.2, 0.25) is 0 Å². The highest BCUT2D eigenvalue weighted by Crippen LogP contribution is 2.25. The van der Waals surface area contributed by atoms with Gasteiger partial charge in [-0.2, -0.15) is 0 Å². The van der Waals surface area contributed by atoms with E-state index in [-0.39, 0.29) is 0 Å². The predicted molar refractivity (Wildman–Crippen MR) is 78.0 cm³/mol. The van der Waals surface area contributed by atoms with Crippen LogP contribution in [0.25, 0.3) is 0 Å². The fourth-order valence-corrected chi connectivity index (χ4v) is 2.90. The van der Waals surface area contributed by atoms with Gasteiger partial charge in [-0.25, -0.2) is 0 Å². The van der Waals surface area contributed by atoms with Gasteiger partial charge in [0, 0.05) is 0 Å². The zero-order valence-corrected chi connectivity index (χ0v) is 11.9. The van der Waals surface area contributed by atoms with E-state index in [2.05, 4.69) is 11.2 Å². The maximum atomic E-state index is 11.7. The van der Waals surface area contributed by atoms with Gasteiger partial charge in [-0.15, -0.1) is 6.42 Å². The van der Waals surface area contributed by atoms with Crippen molar-refractivity contribution < 1.29 is 9.90 Å². The molecule has 0 atom stereocenters. The lowest BCUT2D eigenvalue weighted by molar-refractivity contribution is -0.145. The Labute approximate surface area is 117 Å². The second-order valence-corrected chi connectivity index (χ2v) is 5.63. The summed E-state index contributed by atoms with van der Waals surface area (Å²) < 4.78 is 0. The first-order chi connectivity index (χ1) is 9.21. The minimum Gasteiger partial charge on any atom is -0.480 e. The molecule has 0 spiro atoms. The molecule has 19 heavy (non-hydrogen) atoms. The van der Waals surface area contributed by atoms with Crippen LogP contribution < -0.4 is 5.32 Å². The maximum Gasteiger partial charge on any atom is 0.323 e. The molecule has 3 heteroatoms. The summed E-state index contributed by atoms with van der Waals surface area (Å²) in [6.45, 7) is 0.340. The summed E-state index contributed by atoms with van der Waals surface area (Å²) in [4.78, 5) is 11.7. The summed E-state index contributed by atoms with van der Waals surface area (Å²) in [5.74, 6) is 1.77. The molecule has 0 aliphatic heterocycles. The quantitative estimate of drug-likeness (QED) is 0.769. The Morgan fingerprint density at radius 3 is 1.79 bits per heavy atom. The maximum absolute atomic E-state index is 11.7. The minimum atomic E-state index is -0.800. The Hall–Kier alpha value is -1.01. The van der Waals surface area contributed by atoms with Gasteiger partial charge in [-0.1, -0.05) is 63.7 Å². The average Bonchev–Trinajstić information content (AvgIpc) is 2.38. The zero-order chi connectivity index (χ0) is 14.0. The van der Waals surface area contributed by atoms with Crippen molar-refractivity contribution in [2.75, 3.05) is 6.54 Å². The first-order valence-corrected chi connectivity index (χ1v) is 7.63. The Bertz CT molecular complexity index is 294. The molecule has 1 saturated carbocycles. The molecule has 0 amide bonds. The molecule has 0 heterocycles. The van der Waals surface area contributed by atoms with Crippen molar-refractivity contribution in [3.05, 3.63) is 0 Å². The fraction of sp³-hybridized carbons (Fsp3) is 0.812. The number of aliphatic carboxylic acids is 1. The molecule has 1 aliphatic carbocycles. The number of rotatable bonds is 3. The lowest BCUT2D eigenvalue weighted by Crippen LogP contribution is -2.52. The topological polar surface area (TPSA) is 49.3 Å². The Kier molecular flexibility index (Phi) is 7.59. The number of hydrogen-bond acceptors (Lipinski definition) is 2. The zero-order valence-electron chi connectivity index (χ0n) is 11.9. The lowest BCUT2D eigenvalue weighted by Gasteiger charge is -2.30. The molecule has 1 aliphatic rings. The van der Waals surface area contributed by atoms with Gasteiger partial charge in [0.2, 0.25) is 0 Å². The van der Waals surface area contributed by atoms with E-state index in [4.69, 9.17) is 6.42 Å². The smallest absolute Gasteiger partial charge is 0.323 e. The van der Waals surface area contributed by atoms with E-state index >= 15 is 0 Å². The summed E-state index contributed by atoms with van der Waals surface area (Å²) in [6.07, 6.45) is 17.2. The molecule has 0 saturated heterocycles. The van der Waals surface area contributed by atoms with Gasteiger partial charge >= 0.3 is 5.97 Å². The monoisotopic (exact) mass is 265 g/mol. The van der Waals surface area contributed by atoms with Crippen LogP contribution in [-0.2, 0) is 4.79 Å². The molecule has 0 aromatic carbocycles. The van der Waals surface area contributed by atoms with E-state index in [0.29, 0.717) is 19.4 Å². The summed E-state index contributed by atoms with van der Waals surface area (Å²) in [6, 6.07) is 0. The van der Waals surface area contributed by atoms with Crippen LogP contribution in [-0.4, -0.2) is 23.2 Å². The molecular weight excluding hydrogens is 238 g/mol. The Morgan fingerprint density at radius 1 is 1.00 bits per heavy atom. The van der Waals surface area contributed by atoms with Gasteiger partial charge in [0.15, 0.2) is 0 Å². The highest BCUT2D eigenvalue weighted by atomic mass is 16.4. The predicted octanol–water partition coefficient (Wildman–Crippen LogP) is 3.34. The summed E-state index contributed by atoms with van der Waals surface area (Å²) in [5, 5.41) is 12.7. The second-order valence-electron chi connectivity index (χ2n) is 5.63. The first-order valence-electron chi connectivity index (χ1n) is 7.63. The minimum absolute atomic E-state index is 0.340. The molecule has 1 rings (SSSR count). The van der Waals surface area contributed by atoms with E-state index < -0.39 is 11.5 Å². The molecule has 0 aromatic rings. The van der Waals surface area contributed by atoms with E-state index in [1.54, 1.807) is 0 Å². The normalized spacial score (nSPS) is 21.6. The van der Waals surface area contributed by atoms with Crippen LogP contribution in [0, 0.1) is 12.3 Å². The van der Waals surface area contributed by atoms with Gasteiger partial charge in [0.25, 0.3) is 0 Å². The van der Waals surface area contributed by atoms with Crippen LogP contribution in [0.3, 0.4) is 0 Å². The molecule has 2 N–H and O–H groups in total. The standard InChI is InChI=1S/C16H27NO2/c1-2-14-17-16(15(18)19)12-10-8-6-4-3-5-7-9-11-13-16/h1,17H,3-14H2,(H,18,19). The van der Waals surface area contributed by atoms with E-state index in [1.807, 2.05) is 0 Å². The third kappa shape index (κ3) is 5.65. The first kappa shape index (κ1) is 16.0. The molecule has 0 bridgehead atoms. The SMILES string of the molecule is C#CCNC1(C(=O)O)CCCCCCCCCCC1. The summed E-state index contributed by atoms with van der Waals surface area (Å²) in [7, 11) is 0. The highest BCUT2D eigenvalue weighted by molar-refractivity contribution is 5.78. The van der Waals surface area contributed by atoms with Crippen LogP contribution in [0.4, 0.5) is 0 Å². The lowest BCUT2D eigenvalue weighted by atomic mass is 9.85. The van der Waals surface area contributed by atoms with Crippen molar-refractivity contribution in [2.45, 2.75) is 76.2 Å². The van der Waals surface area contributed by atoms with Gasteiger partial charge in [0.05, 0.1) is 6.54 Å². The molecule has 0 unspecified atom stereocenters. The van der Waals surface area contributed by atoms with Crippen LogP contribution >= 0.6 is 0 Å². The van der Waals surface area contributed by atoms with Crippen molar-refractivity contribution in [3.8, 4) is 12.3 Å². The number of terminal acetylenes is 1. The summed E-state index contributed by atoms with van der Waals surface area (Å²) >= 11 is 0. The largest absolute Gasteiger partial charge is 0.480 e. The van der Waals surface area contributed by atoms with Gasteiger partial charge < -0.3 is 5.11 Å². The second kappa shape index (κ2) is 8.98. The average molecular weight is 265 g/mol. The highest BCUT2D eigenvalue weighted by Gasteiger charge is 2.36. The molecule has 0 aromatic heterocycles. The van der Waals surface area contributed by atoms with Crippen LogP contribution in [0.15, 0.2) is 0 Å². The Balaban J connectivity index is 2.64. The van der Waals surface area contributed by atoms with E-state index in [9.17, 15) is 9.90 Å². The number of hydrogen-bond donors (Lipinski definition) is 2. The molecular formula is C16H27NO2. The van der Waals surface area contributed by atoms with Crippen LogP contribution in [0.5, 0.6) is 0 Å². The number of carbonyl (C=O) groups is 1. The number of carboxylic acids is 1. The third-order valence-electron chi connectivity index (χ3n) is 4.15. The van der Waals surface area contributed by atoms with Gasteiger partial charge in [-0.05, 0) is 12.8 Å². The van der Waals surface area contributed by atoms with Crippen molar-refractivity contribution >= 4 is 5.97 Å². The van der Waals surface area contributed by atoms with E-state index in [1.165, 1.54) is 32.1 Å². The number of carboxylic acid groups (broad SMARTS) is 1. The molecule has 108 valence electrons. The molecule has 0 radical (unpaired) electrons. The molecule has 3 nitrogen and oxygen atoms in total. The van der Waals surface area contributed by atoms with Gasteiger partial charge in [-0.3, -0.25) is 10.1 Å². The van der Waals surface area contributed by atoms with Crippen LogP contribution in [0.1, 0.15) is 70.6 Å².